The Morgan fingerprint density at radius 2 is 1.07 bits per heavy atom. The molecule has 0 radical (unpaired) electrons. The van der Waals surface area contributed by atoms with Crippen LogP contribution in [0.25, 0.3) is 10.9 Å². The van der Waals surface area contributed by atoms with Crippen LogP contribution in [0.5, 0.6) is 11.5 Å². The predicted molar refractivity (Wildman–Crippen MR) is 610 cm³/mol. The molecule has 808 valence electrons. The molecular weight excluding hydrogens is 1860 g/mol. The first-order chi connectivity index (χ1) is 71.7. The van der Waals surface area contributed by atoms with Gasteiger partial charge in [-0.1, -0.05) is 155 Å². The van der Waals surface area contributed by atoms with Crippen molar-refractivity contribution in [3.05, 3.63) is 288 Å². The van der Waals surface area contributed by atoms with Crippen LogP contribution < -0.4 is 99.4 Å². The maximum Gasteiger partial charge on any atom is 0.387 e. The maximum atomic E-state index is 11.9. The molecule has 148 heavy (non-hydrogen) atoms. The number of aromatic nitrogens is 8. The van der Waals surface area contributed by atoms with E-state index in [0.717, 1.165) is 170 Å². The van der Waals surface area contributed by atoms with Crippen LogP contribution in [0.4, 0.5) is 63.2 Å². The van der Waals surface area contributed by atoms with Gasteiger partial charge in [-0.05, 0) is 290 Å². The summed E-state index contributed by atoms with van der Waals surface area (Å²) in [7, 11) is 28.6. The number of nitrogens with one attached hydrogen (secondary N) is 17. The molecule has 17 rings (SSSR count). The third-order valence-corrected chi connectivity index (χ3v) is 25.7. The quantitative estimate of drug-likeness (QED) is 0.0253. The van der Waals surface area contributed by atoms with E-state index in [0.29, 0.717) is 42.5 Å². The number of aromatic amines is 1. The lowest BCUT2D eigenvalue weighted by Crippen LogP contribution is -2.43. The van der Waals surface area contributed by atoms with Gasteiger partial charge in [0.2, 0.25) is 0 Å². The Morgan fingerprint density at radius 1 is 0.500 bits per heavy atom. The number of rotatable bonds is 25. The summed E-state index contributed by atoms with van der Waals surface area (Å²) in [5.41, 5.74) is 15.9. The molecule has 2 aliphatic heterocycles. The van der Waals surface area contributed by atoms with Gasteiger partial charge in [-0.25, -0.2) is 19.4 Å². The van der Waals surface area contributed by atoms with Crippen molar-refractivity contribution in [2.24, 2.45) is 18.4 Å². The summed E-state index contributed by atoms with van der Waals surface area (Å²) in [6, 6.07) is 72.8. The standard InChI is InChI=1S/C15H23N3O.C14H21N3O.C13H19NO.C11H15N3O.C11H23N.C9H11F2NO.C8H9N3.C8H11N.C7H13N3.C7H10N2.C6H11N3.C6H8N2/c1-16-14-9-5-6-12(10-14)11-17-15(19)18-13-7-3-2-4-8-13;1-15-11-7-9-13(10-8-11)17-14(18)16-12-5-3-2-4-6-12;1-14-9-5-6-11(10-14)12-7-3-4-8-13(12)15-2;1-12-9-3-4-10-8(7-9)5-6-14(10)11(15)13-2;1-11(2,3)9-5-7-10(12-4)8-6-9;1-12-6-7-4-2-3-5-8(7)13-9(10)11;1-9-8-6-4-2-3-5-7(6)10-11-8;1-9-7-8-5-3-2-4-6-8;1-3-10-7(6-8-2)4-5-9-10;1-6-4-3-5-7(8-2)9-6;1-7-5-6-3-4-8-9(6)2;1-7-6-3-2-4-8-5-6/h5-6,9-10,13,16H,2-4,7-8,11H2,1H3,(H2,17,18,19);2-6,11,13,15H,7-10H2,1H3,(H2,16,17,18);3-4,7-8,11H,5-6,9-10H2,1-2H3;3-4,7,12H,5-6H2,1-2H3,(H,13,15);9-10,12H,5-8H2,1-4H3;2-5,9,12H,6H2,1H3;2-5H,1H3,(H2,9,10,11);2-6,9H,7H2,1H3;4-5,8H,3,6H2,1-2H3;3-5H,1-2H3,(H,8,9);3-4,7H,5H2,1-2H3;2-5,7H,1H3. The van der Waals surface area contributed by atoms with Crippen LogP contribution in [-0.2, 0) is 52.7 Å². The van der Waals surface area contributed by atoms with E-state index in [1.807, 2.05) is 251 Å². The van der Waals surface area contributed by atoms with Gasteiger partial charge in [0, 0.05) is 196 Å². The maximum absolute atomic E-state index is 11.9. The number of ether oxygens (including phenoxy) is 2. The van der Waals surface area contributed by atoms with Gasteiger partial charge in [-0.2, -0.15) is 24.1 Å². The molecule has 1 unspecified atom stereocenters. The number of methoxy groups -OCH3 is 1. The van der Waals surface area contributed by atoms with E-state index in [1.165, 1.54) is 98.5 Å². The van der Waals surface area contributed by atoms with Crippen molar-refractivity contribution in [3.8, 4) is 11.5 Å². The summed E-state index contributed by atoms with van der Waals surface area (Å²) in [5, 5.41) is 64.7. The Labute approximate surface area is 881 Å². The first-order valence-electron chi connectivity index (χ1n) is 52.1. The van der Waals surface area contributed by atoms with Crippen LogP contribution >= 0.6 is 0 Å². The number of aryl methyl sites for hydroxylation is 3. The minimum Gasteiger partial charge on any atom is -0.496 e. The Morgan fingerprint density at radius 3 is 1.66 bits per heavy atom. The molecule has 0 spiro atoms. The molecule has 17 N–H and O–H groups in total. The molecule has 31 nitrogen and oxygen atoms in total. The van der Waals surface area contributed by atoms with Crippen LogP contribution in [0.2, 0.25) is 0 Å². The van der Waals surface area contributed by atoms with Crippen LogP contribution in [0.3, 0.4) is 0 Å². The highest BCUT2D eigenvalue weighted by Crippen LogP contribution is 2.38. The number of likely N-dealkylation sites (tertiary alicyclic amines) is 1. The van der Waals surface area contributed by atoms with Crippen molar-refractivity contribution >= 4 is 69.1 Å². The second-order valence-electron chi connectivity index (χ2n) is 37.5. The molecule has 3 aliphatic carbocycles. The van der Waals surface area contributed by atoms with E-state index in [-0.39, 0.29) is 23.8 Å². The molecule has 3 saturated carbocycles. The molecule has 5 aromatic heterocycles. The molecule has 33 heteroatoms. The number of nitrogens with zero attached hydrogens (tertiary/aromatic N) is 9. The minimum absolute atomic E-state index is 0.0362. The monoisotopic (exact) mass is 2040 g/mol. The summed E-state index contributed by atoms with van der Waals surface area (Å²) in [6.07, 6.45) is 26.6. The Balaban J connectivity index is 0.000000249. The summed E-state index contributed by atoms with van der Waals surface area (Å²) in [6.45, 7) is 16.3. The fourth-order valence-corrected chi connectivity index (χ4v) is 17.4. The topological polar surface area (TPSA) is 359 Å². The van der Waals surface area contributed by atoms with E-state index >= 15 is 0 Å². The number of para-hydroxylation sites is 4. The summed E-state index contributed by atoms with van der Waals surface area (Å²) in [5.74, 6) is 4.68. The SMILES string of the molecule is CCn1nccc1CNC.CNC(=O)N1CCc2cc(NC)ccc21.CNC1CCC(C(C)(C)C)CC1.CNC1CCC(NC(=O)Nc2ccccc2)CC1.CNCc1ccccc1.CNCc1ccccc1OC(F)F.CNCc1ccnn1C.CNc1cccc(C)n1.CNc1cccc(CNC(=O)NC2CCCCC2)c1.CNc1cccnc1.CNc1n[nH]c2ccccc12.COc1ccccc1C1CCCN(C)C1. The summed E-state index contributed by atoms with van der Waals surface area (Å²) < 4.78 is 37.4. The van der Waals surface area contributed by atoms with Crippen molar-refractivity contribution in [2.45, 2.75) is 213 Å². The molecule has 5 aliphatic rings. The van der Waals surface area contributed by atoms with Gasteiger partial charge in [0.1, 0.15) is 17.3 Å². The number of likely N-dealkylation sites (N-methyl/N-ethyl adjacent to an activating group) is 1. The van der Waals surface area contributed by atoms with Crippen molar-refractivity contribution in [1.82, 2.24) is 97.8 Å². The number of anilines is 7. The molecular formula is C115H174F2N26O5. The lowest BCUT2D eigenvalue weighted by Gasteiger charge is -2.36. The third kappa shape index (κ3) is 47.7. The van der Waals surface area contributed by atoms with Gasteiger partial charge in [0.05, 0.1) is 29.7 Å². The average Bonchev–Trinajstić information content (AvgIpc) is 1.65. The van der Waals surface area contributed by atoms with Gasteiger partial charge < -0.3 is 99.4 Å². The van der Waals surface area contributed by atoms with Gasteiger partial charge >= 0.3 is 24.7 Å². The number of benzene rings is 7. The van der Waals surface area contributed by atoms with E-state index < -0.39 is 6.61 Å². The largest absolute Gasteiger partial charge is 0.496 e. The molecule has 0 bridgehead atoms. The number of halogens is 2. The normalized spacial score (nSPS) is 15.7. The van der Waals surface area contributed by atoms with Gasteiger partial charge in [0.15, 0.2) is 5.82 Å². The predicted octanol–water partition coefficient (Wildman–Crippen LogP) is 20.3. The van der Waals surface area contributed by atoms with E-state index in [4.69, 9.17) is 4.74 Å². The number of hydrogen-bond donors (Lipinski definition) is 17. The zero-order chi connectivity index (χ0) is 107. The third-order valence-electron chi connectivity index (χ3n) is 25.7. The lowest BCUT2D eigenvalue weighted by molar-refractivity contribution is -0.0505. The van der Waals surface area contributed by atoms with Crippen molar-refractivity contribution in [1.29, 1.82) is 0 Å². The average molecular weight is 2040 g/mol. The van der Waals surface area contributed by atoms with Crippen molar-refractivity contribution < 1.29 is 32.6 Å². The number of carbonyl (C=O) groups excluding carboxylic acids is 3. The molecule has 1 atom stereocenters. The Hall–Kier alpha value is -13.3. The molecule has 7 aromatic carbocycles. The minimum atomic E-state index is -2.77. The van der Waals surface area contributed by atoms with E-state index in [1.54, 1.807) is 62.9 Å². The smallest absolute Gasteiger partial charge is 0.387 e. The van der Waals surface area contributed by atoms with Crippen LogP contribution in [0, 0.1) is 18.3 Å². The van der Waals surface area contributed by atoms with Crippen LogP contribution in [0.15, 0.2) is 243 Å². The number of amides is 6. The molecule has 7 heterocycles. The van der Waals surface area contributed by atoms with Crippen molar-refractivity contribution in [3.63, 3.8) is 0 Å². The molecule has 4 fully saturated rings. The highest BCUT2D eigenvalue weighted by molar-refractivity contribution is 5.94. The highest BCUT2D eigenvalue weighted by atomic mass is 19.3. The lowest BCUT2D eigenvalue weighted by atomic mass is 9.71. The van der Waals surface area contributed by atoms with E-state index in [2.05, 4.69) is 203 Å². The first-order valence-corrected chi connectivity index (χ1v) is 52.1. The zero-order valence-electron chi connectivity index (χ0n) is 91.6. The Kier molecular flexibility index (Phi) is 60.1. The number of pyridine rings is 2. The summed E-state index contributed by atoms with van der Waals surface area (Å²) >= 11 is 0. The number of H-pyrrole nitrogens is 1. The fourth-order valence-electron chi connectivity index (χ4n) is 17.4. The van der Waals surface area contributed by atoms with E-state index in [9.17, 15) is 23.2 Å². The Bertz CT molecular complexity index is 5520. The van der Waals surface area contributed by atoms with Gasteiger partial charge in [-0.3, -0.25) is 24.3 Å². The number of urea groups is 3. The van der Waals surface area contributed by atoms with Crippen LogP contribution in [0.1, 0.15) is 175 Å². The van der Waals surface area contributed by atoms with Crippen molar-refractivity contribution in [2.75, 3.05) is 155 Å². The first kappa shape index (κ1) is 123. The molecule has 12 aromatic rings. The number of piperidine rings is 1. The fraction of sp³-hybridized carbons (Fsp3) is 0.461. The highest BCUT2D eigenvalue weighted by Gasteiger charge is 2.30. The number of alkyl halides is 2. The second-order valence-corrected chi connectivity index (χ2v) is 37.5. The number of carbonyl (C=O) groups is 3. The van der Waals surface area contributed by atoms with Crippen LogP contribution in [-0.4, -0.2) is 212 Å². The zero-order valence-corrected chi connectivity index (χ0v) is 91.6. The van der Waals surface area contributed by atoms with Gasteiger partial charge in [-0.15, -0.1) is 0 Å². The number of hydrogen-bond acceptors (Lipinski definition) is 22. The second kappa shape index (κ2) is 72.1. The molecule has 6 amide bonds. The molecule has 1 saturated heterocycles. The summed E-state index contributed by atoms with van der Waals surface area (Å²) in [4.78, 5) is 47.4. The number of fused-ring (bicyclic) bond motifs is 2. The van der Waals surface area contributed by atoms with Gasteiger partial charge in [0.25, 0.3) is 0 Å².